The first-order chi connectivity index (χ1) is 11.8. The predicted octanol–water partition coefficient (Wildman–Crippen LogP) is -0.485. The highest BCUT2D eigenvalue weighted by atomic mass is 32.2. The molecular weight excluding hydrogens is 350 g/mol. The number of furan rings is 1. The van der Waals surface area contributed by atoms with Crippen molar-refractivity contribution < 1.29 is 27.2 Å². The van der Waals surface area contributed by atoms with Gasteiger partial charge in [0.1, 0.15) is 6.04 Å². The molecule has 0 spiro atoms. The SMILES string of the molecule is CS(=O)(=O)N1C(=O)CCC1C(=O)N1CCN(C(=O)c2ccco2)CC1. The van der Waals surface area contributed by atoms with E-state index in [1.807, 2.05) is 0 Å². The molecule has 25 heavy (non-hydrogen) atoms. The number of hydrogen-bond donors (Lipinski definition) is 0. The summed E-state index contributed by atoms with van der Waals surface area (Å²) in [6.45, 7) is 1.22. The van der Waals surface area contributed by atoms with E-state index in [-0.39, 0.29) is 43.5 Å². The van der Waals surface area contributed by atoms with Gasteiger partial charge in [-0.2, -0.15) is 0 Å². The molecule has 0 saturated carbocycles. The van der Waals surface area contributed by atoms with Gasteiger partial charge in [-0.1, -0.05) is 0 Å². The van der Waals surface area contributed by atoms with Crippen molar-refractivity contribution in [2.75, 3.05) is 32.4 Å². The molecule has 2 aliphatic rings. The minimum Gasteiger partial charge on any atom is -0.459 e. The molecule has 0 aliphatic carbocycles. The first kappa shape index (κ1) is 17.5. The Hall–Kier alpha value is -2.36. The topological polar surface area (TPSA) is 108 Å². The van der Waals surface area contributed by atoms with Gasteiger partial charge < -0.3 is 14.2 Å². The quantitative estimate of drug-likeness (QED) is 0.712. The Bertz CT molecular complexity index is 780. The second-order valence-corrected chi connectivity index (χ2v) is 7.96. The van der Waals surface area contributed by atoms with Crippen molar-refractivity contribution in [2.45, 2.75) is 18.9 Å². The minimum atomic E-state index is -3.78. The number of piperazine rings is 1. The van der Waals surface area contributed by atoms with Crippen molar-refractivity contribution in [3.05, 3.63) is 24.2 Å². The lowest BCUT2D eigenvalue weighted by atomic mass is 10.2. The van der Waals surface area contributed by atoms with E-state index >= 15 is 0 Å². The van der Waals surface area contributed by atoms with Crippen molar-refractivity contribution in [3.8, 4) is 0 Å². The minimum absolute atomic E-state index is 0.0421. The summed E-state index contributed by atoms with van der Waals surface area (Å²) in [7, 11) is -3.78. The molecule has 1 aromatic rings. The molecule has 0 radical (unpaired) electrons. The van der Waals surface area contributed by atoms with Crippen LogP contribution >= 0.6 is 0 Å². The zero-order chi connectivity index (χ0) is 18.2. The van der Waals surface area contributed by atoms with E-state index in [1.165, 1.54) is 11.2 Å². The maximum Gasteiger partial charge on any atom is 0.289 e. The molecule has 2 aliphatic heterocycles. The third-order valence-electron chi connectivity index (χ3n) is 4.41. The van der Waals surface area contributed by atoms with Gasteiger partial charge in [0.2, 0.25) is 21.8 Å². The van der Waals surface area contributed by atoms with Gasteiger partial charge in [-0.3, -0.25) is 14.4 Å². The van der Waals surface area contributed by atoms with Crippen LogP contribution in [-0.4, -0.2) is 78.7 Å². The first-order valence-corrected chi connectivity index (χ1v) is 9.77. The molecule has 2 saturated heterocycles. The number of rotatable bonds is 3. The lowest BCUT2D eigenvalue weighted by molar-refractivity contribution is -0.139. The lowest BCUT2D eigenvalue weighted by Crippen LogP contribution is -2.55. The number of nitrogens with zero attached hydrogens (tertiary/aromatic N) is 3. The summed E-state index contributed by atoms with van der Waals surface area (Å²) in [6, 6.07) is 2.23. The Morgan fingerprint density at radius 2 is 1.80 bits per heavy atom. The third kappa shape index (κ3) is 3.39. The van der Waals surface area contributed by atoms with Crippen molar-refractivity contribution >= 4 is 27.7 Å². The Morgan fingerprint density at radius 3 is 2.36 bits per heavy atom. The molecule has 2 fully saturated rings. The van der Waals surface area contributed by atoms with Crippen molar-refractivity contribution in [3.63, 3.8) is 0 Å². The summed E-state index contributed by atoms with van der Waals surface area (Å²) >= 11 is 0. The summed E-state index contributed by atoms with van der Waals surface area (Å²) in [4.78, 5) is 39.8. The van der Waals surface area contributed by atoms with Crippen LogP contribution in [0.2, 0.25) is 0 Å². The molecule has 1 atom stereocenters. The average Bonchev–Trinajstić information content (AvgIpc) is 3.22. The third-order valence-corrected chi connectivity index (χ3v) is 5.59. The molecule has 1 unspecified atom stereocenters. The van der Waals surface area contributed by atoms with Crippen LogP contribution in [0.5, 0.6) is 0 Å². The number of carbonyl (C=O) groups excluding carboxylic acids is 3. The van der Waals surface area contributed by atoms with Crippen LogP contribution in [0.4, 0.5) is 0 Å². The van der Waals surface area contributed by atoms with Gasteiger partial charge in [0.25, 0.3) is 5.91 Å². The number of carbonyl (C=O) groups is 3. The molecule has 0 N–H and O–H groups in total. The van der Waals surface area contributed by atoms with Gasteiger partial charge >= 0.3 is 0 Å². The summed E-state index contributed by atoms with van der Waals surface area (Å²) in [5.74, 6) is -0.941. The van der Waals surface area contributed by atoms with E-state index in [0.29, 0.717) is 17.4 Å². The van der Waals surface area contributed by atoms with E-state index in [2.05, 4.69) is 0 Å². The van der Waals surface area contributed by atoms with Gasteiger partial charge in [-0.25, -0.2) is 12.7 Å². The van der Waals surface area contributed by atoms with Crippen LogP contribution in [-0.2, 0) is 19.6 Å². The summed E-state index contributed by atoms with van der Waals surface area (Å²) in [5.41, 5.74) is 0. The Morgan fingerprint density at radius 1 is 1.16 bits per heavy atom. The van der Waals surface area contributed by atoms with Gasteiger partial charge in [-0.05, 0) is 18.6 Å². The fraction of sp³-hybridized carbons (Fsp3) is 0.533. The predicted molar refractivity (Wildman–Crippen MR) is 85.9 cm³/mol. The van der Waals surface area contributed by atoms with Crippen LogP contribution in [0.15, 0.2) is 22.8 Å². The molecule has 1 aromatic heterocycles. The van der Waals surface area contributed by atoms with Crippen LogP contribution in [0.3, 0.4) is 0 Å². The highest BCUT2D eigenvalue weighted by Crippen LogP contribution is 2.24. The zero-order valence-corrected chi connectivity index (χ0v) is 14.6. The van der Waals surface area contributed by atoms with E-state index in [4.69, 9.17) is 4.42 Å². The number of amides is 3. The second-order valence-electron chi connectivity index (χ2n) is 6.10. The lowest BCUT2D eigenvalue weighted by Gasteiger charge is -2.36. The molecule has 10 heteroatoms. The largest absolute Gasteiger partial charge is 0.459 e. The molecule has 136 valence electrons. The van der Waals surface area contributed by atoms with Crippen LogP contribution < -0.4 is 0 Å². The summed E-state index contributed by atoms with van der Waals surface area (Å²) in [5, 5.41) is 0. The van der Waals surface area contributed by atoms with E-state index in [0.717, 1.165) is 6.26 Å². The van der Waals surface area contributed by atoms with Crippen molar-refractivity contribution in [1.29, 1.82) is 0 Å². The highest BCUT2D eigenvalue weighted by Gasteiger charge is 2.43. The average molecular weight is 369 g/mol. The molecule has 3 rings (SSSR count). The monoisotopic (exact) mass is 369 g/mol. The molecule has 0 aromatic carbocycles. The molecule has 9 nitrogen and oxygen atoms in total. The molecule has 0 bridgehead atoms. The van der Waals surface area contributed by atoms with E-state index in [9.17, 15) is 22.8 Å². The van der Waals surface area contributed by atoms with Crippen molar-refractivity contribution in [1.82, 2.24) is 14.1 Å². The van der Waals surface area contributed by atoms with E-state index in [1.54, 1.807) is 17.0 Å². The van der Waals surface area contributed by atoms with Crippen LogP contribution in [0, 0.1) is 0 Å². The summed E-state index contributed by atoms with van der Waals surface area (Å²) < 4.78 is 29.3. The highest BCUT2D eigenvalue weighted by molar-refractivity contribution is 7.89. The molecular formula is C15H19N3O6S. The second kappa shape index (κ2) is 6.51. The van der Waals surface area contributed by atoms with Gasteiger partial charge in [-0.15, -0.1) is 0 Å². The maximum atomic E-state index is 12.7. The first-order valence-electron chi connectivity index (χ1n) is 7.93. The summed E-state index contributed by atoms with van der Waals surface area (Å²) in [6.07, 6.45) is 2.58. The van der Waals surface area contributed by atoms with Gasteiger partial charge in [0.15, 0.2) is 5.76 Å². The maximum absolute atomic E-state index is 12.7. The number of hydrogen-bond acceptors (Lipinski definition) is 6. The fourth-order valence-corrected chi connectivity index (χ4v) is 4.32. The fourth-order valence-electron chi connectivity index (χ4n) is 3.20. The Labute approximate surface area is 145 Å². The van der Waals surface area contributed by atoms with Crippen LogP contribution in [0.1, 0.15) is 23.4 Å². The van der Waals surface area contributed by atoms with Gasteiger partial charge in [0.05, 0.1) is 12.5 Å². The van der Waals surface area contributed by atoms with E-state index < -0.39 is 22.0 Å². The Kier molecular flexibility index (Phi) is 4.55. The van der Waals surface area contributed by atoms with Crippen LogP contribution in [0.25, 0.3) is 0 Å². The molecule has 3 amide bonds. The molecule has 3 heterocycles. The number of sulfonamides is 1. The zero-order valence-electron chi connectivity index (χ0n) is 13.8. The Balaban J connectivity index is 1.64. The van der Waals surface area contributed by atoms with Crippen molar-refractivity contribution in [2.24, 2.45) is 0 Å². The normalized spacial score (nSPS) is 21.7. The van der Waals surface area contributed by atoms with Gasteiger partial charge in [0, 0.05) is 32.6 Å². The standard InChI is InChI=1S/C15H19N3O6S/c1-25(22,23)18-11(4-5-13(18)19)14(20)16-6-8-17(9-7-16)15(21)12-3-2-10-24-12/h2-3,10-11H,4-9H2,1H3. The smallest absolute Gasteiger partial charge is 0.289 e.